The molecule has 1 aromatic heterocycles. The van der Waals surface area contributed by atoms with Crippen LogP contribution in [0.4, 0.5) is 18.9 Å². The molecule has 2 N–H and O–H groups in total. The second kappa shape index (κ2) is 9.69. The van der Waals surface area contributed by atoms with Crippen molar-refractivity contribution < 1.29 is 27.6 Å². The van der Waals surface area contributed by atoms with Gasteiger partial charge in [-0.05, 0) is 36.8 Å². The van der Waals surface area contributed by atoms with Gasteiger partial charge in [0.25, 0.3) is 5.91 Å². The van der Waals surface area contributed by atoms with E-state index in [0.29, 0.717) is 5.69 Å². The van der Waals surface area contributed by atoms with Gasteiger partial charge in [0.2, 0.25) is 11.8 Å². The quantitative estimate of drug-likeness (QED) is 0.560. The lowest BCUT2D eigenvalue weighted by molar-refractivity contribution is -0.137. The number of nitriles is 1. The molecular weight excluding hydrogens is 477 g/mol. The number of alkyl halides is 3. The molecule has 36 heavy (non-hydrogen) atoms. The first-order valence-electron chi connectivity index (χ1n) is 10.9. The van der Waals surface area contributed by atoms with Crippen LogP contribution in [0.2, 0.25) is 0 Å². The summed E-state index contributed by atoms with van der Waals surface area (Å²) in [7, 11) is 1.34. The van der Waals surface area contributed by atoms with E-state index < -0.39 is 42.1 Å². The Bertz CT molecular complexity index is 1350. The minimum absolute atomic E-state index is 0.0165. The maximum absolute atomic E-state index is 12.9. The molecule has 186 valence electrons. The fourth-order valence-corrected chi connectivity index (χ4v) is 4.02. The number of para-hydroxylation sites is 1. The molecule has 2 unspecified atom stereocenters. The second-order valence-electron chi connectivity index (χ2n) is 8.46. The third-order valence-corrected chi connectivity index (χ3v) is 5.91. The van der Waals surface area contributed by atoms with Crippen LogP contribution in [-0.2, 0) is 15.8 Å². The van der Waals surface area contributed by atoms with Gasteiger partial charge in [0.1, 0.15) is 6.04 Å². The Morgan fingerprint density at radius 3 is 2.61 bits per heavy atom. The fraction of sp³-hybridized carbons (Fsp3) is 0.292. The summed E-state index contributed by atoms with van der Waals surface area (Å²) in [6.45, 7) is -0.391. The maximum atomic E-state index is 12.9. The highest BCUT2D eigenvalue weighted by atomic mass is 19.4. The molecule has 2 atom stereocenters. The van der Waals surface area contributed by atoms with Crippen LogP contribution in [0.3, 0.4) is 0 Å². The lowest BCUT2D eigenvalue weighted by atomic mass is 10.1. The van der Waals surface area contributed by atoms with Crippen molar-refractivity contribution in [2.45, 2.75) is 18.6 Å². The molecule has 1 fully saturated rings. The SMILES string of the molecule is CN(CC(=O)N1CC(C(=O)Nc2ccccc2)CC1C#N)C(=O)c1nc2ccc(C(F)(F)F)cc2[nH]1. The van der Waals surface area contributed by atoms with E-state index in [1.165, 1.54) is 11.9 Å². The smallest absolute Gasteiger partial charge is 0.334 e. The molecule has 3 amide bonds. The Kier molecular flexibility index (Phi) is 6.65. The minimum Gasteiger partial charge on any atom is -0.334 e. The fourth-order valence-electron chi connectivity index (χ4n) is 4.02. The number of carbonyl (C=O) groups excluding carboxylic acids is 3. The van der Waals surface area contributed by atoms with Crippen molar-refractivity contribution in [3.8, 4) is 6.07 Å². The lowest BCUT2D eigenvalue weighted by Crippen LogP contribution is -2.43. The number of H-pyrrole nitrogens is 1. The number of anilines is 1. The second-order valence-corrected chi connectivity index (χ2v) is 8.46. The molecule has 12 heteroatoms. The predicted molar refractivity (Wildman–Crippen MR) is 122 cm³/mol. The number of hydrogen-bond donors (Lipinski definition) is 2. The first kappa shape index (κ1) is 24.7. The molecule has 0 bridgehead atoms. The number of amides is 3. The predicted octanol–water partition coefficient (Wildman–Crippen LogP) is 3.03. The summed E-state index contributed by atoms with van der Waals surface area (Å²) in [6.07, 6.45) is -4.39. The largest absolute Gasteiger partial charge is 0.416 e. The number of benzene rings is 2. The van der Waals surface area contributed by atoms with E-state index in [-0.39, 0.29) is 35.7 Å². The van der Waals surface area contributed by atoms with Crippen molar-refractivity contribution >= 4 is 34.4 Å². The molecule has 4 rings (SSSR count). The first-order chi connectivity index (χ1) is 17.1. The number of halogens is 3. The van der Waals surface area contributed by atoms with Crippen LogP contribution in [0.5, 0.6) is 0 Å². The topological polar surface area (TPSA) is 122 Å². The Morgan fingerprint density at radius 2 is 1.94 bits per heavy atom. The zero-order chi connectivity index (χ0) is 26.0. The van der Waals surface area contributed by atoms with E-state index in [1.807, 2.05) is 6.07 Å². The molecule has 2 aromatic carbocycles. The van der Waals surface area contributed by atoms with Crippen LogP contribution in [0.15, 0.2) is 48.5 Å². The highest BCUT2D eigenvalue weighted by Gasteiger charge is 2.39. The third-order valence-electron chi connectivity index (χ3n) is 5.91. The lowest BCUT2D eigenvalue weighted by Gasteiger charge is -2.23. The van der Waals surface area contributed by atoms with Gasteiger partial charge in [-0.3, -0.25) is 14.4 Å². The Morgan fingerprint density at radius 1 is 1.22 bits per heavy atom. The Balaban J connectivity index is 1.41. The number of likely N-dealkylation sites (N-methyl/N-ethyl adjacent to an activating group) is 1. The number of fused-ring (bicyclic) bond motifs is 1. The number of aromatic nitrogens is 2. The van der Waals surface area contributed by atoms with Crippen molar-refractivity contribution in [1.29, 1.82) is 5.26 Å². The number of hydrogen-bond acceptors (Lipinski definition) is 5. The molecule has 0 spiro atoms. The van der Waals surface area contributed by atoms with Gasteiger partial charge in [-0.15, -0.1) is 0 Å². The molecular formula is C24H21F3N6O3. The van der Waals surface area contributed by atoms with Crippen LogP contribution in [0, 0.1) is 17.2 Å². The molecule has 1 aliphatic heterocycles. The normalized spacial score (nSPS) is 17.6. The molecule has 1 aliphatic rings. The van der Waals surface area contributed by atoms with E-state index in [0.717, 1.165) is 23.1 Å². The number of nitrogens with one attached hydrogen (secondary N) is 2. The van der Waals surface area contributed by atoms with Crippen molar-refractivity contribution in [3.05, 3.63) is 59.9 Å². The summed E-state index contributed by atoms with van der Waals surface area (Å²) < 4.78 is 38.8. The van der Waals surface area contributed by atoms with Crippen LogP contribution in [0.1, 0.15) is 22.6 Å². The van der Waals surface area contributed by atoms with Gasteiger partial charge in [0.15, 0.2) is 5.82 Å². The van der Waals surface area contributed by atoms with Crippen LogP contribution >= 0.6 is 0 Å². The number of nitrogens with zero attached hydrogens (tertiary/aromatic N) is 4. The summed E-state index contributed by atoms with van der Waals surface area (Å²) >= 11 is 0. The Hall–Kier alpha value is -4.40. The van der Waals surface area contributed by atoms with Crippen molar-refractivity contribution in [1.82, 2.24) is 19.8 Å². The zero-order valence-electron chi connectivity index (χ0n) is 19.0. The van der Waals surface area contributed by atoms with Crippen LogP contribution in [-0.4, -0.2) is 63.7 Å². The van der Waals surface area contributed by atoms with E-state index >= 15 is 0 Å². The monoisotopic (exact) mass is 498 g/mol. The molecule has 0 radical (unpaired) electrons. The standard InChI is InChI=1S/C24H21F3N6O3/c1-32(23(36)21-30-18-8-7-15(24(25,26)27)10-19(18)31-21)13-20(34)33-12-14(9-17(33)11-28)22(35)29-16-5-3-2-4-6-16/h2-8,10,14,17H,9,12-13H2,1H3,(H,29,35)(H,30,31). The van der Waals surface area contributed by atoms with Gasteiger partial charge in [-0.1, -0.05) is 18.2 Å². The highest BCUT2D eigenvalue weighted by molar-refractivity contribution is 5.97. The maximum Gasteiger partial charge on any atom is 0.416 e. The van der Waals surface area contributed by atoms with Gasteiger partial charge in [-0.25, -0.2) is 4.98 Å². The number of aromatic amines is 1. The van der Waals surface area contributed by atoms with E-state index in [2.05, 4.69) is 15.3 Å². The highest BCUT2D eigenvalue weighted by Crippen LogP contribution is 2.31. The van der Waals surface area contributed by atoms with E-state index in [4.69, 9.17) is 0 Å². The summed E-state index contributed by atoms with van der Waals surface area (Å²) in [5.74, 6) is -2.39. The van der Waals surface area contributed by atoms with Crippen molar-refractivity contribution in [3.63, 3.8) is 0 Å². The molecule has 1 saturated heterocycles. The average Bonchev–Trinajstić information content (AvgIpc) is 3.47. The van der Waals surface area contributed by atoms with Gasteiger partial charge in [-0.2, -0.15) is 18.4 Å². The van der Waals surface area contributed by atoms with E-state index in [9.17, 15) is 32.8 Å². The van der Waals surface area contributed by atoms with Gasteiger partial charge in [0, 0.05) is 19.3 Å². The van der Waals surface area contributed by atoms with Crippen LogP contribution in [0.25, 0.3) is 11.0 Å². The van der Waals surface area contributed by atoms with Gasteiger partial charge >= 0.3 is 6.18 Å². The van der Waals surface area contributed by atoms with Gasteiger partial charge < -0.3 is 20.1 Å². The number of rotatable bonds is 5. The first-order valence-corrected chi connectivity index (χ1v) is 10.9. The van der Waals surface area contributed by atoms with Gasteiger partial charge in [0.05, 0.1) is 35.1 Å². The summed E-state index contributed by atoms with van der Waals surface area (Å²) in [5.41, 5.74) is -0.0883. The minimum atomic E-state index is -4.55. The molecule has 2 heterocycles. The average molecular weight is 498 g/mol. The van der Waals surface area contributed by atoms with E-state index in [1.54, 1.807) is 30.3 Å². The zero-order valence-corrected chi connectivity index (χ0v) is 19.0. The summed E-state index contributed by atoms with van der Waals surface area (Å²) in [6, 6.07) is 12.8. The Labute approximate surface area is 203 Å². The van der Waals surface area contributed by atoms with Crippen LogP contribution < -0.4 is 5.32 Å². The molecule has 3 aromatic rings. The summed E-state index contributed by atoms with van der Waals surface area (Å²) in [4.78, 5) is 47.2. The molecule has 9 nitrogen and oxygen atoms in total. The molecule has 0 aliphatic carbocycles. The van der Waals surface area contributed by atoms with Crippen molar-refractivity contribution in [2.75, 3.05) is 25.5 Å². The number of carbonyl (C=O) groups is 3. The number of likely N-dealkylation sites (tertiary alicyclic amines) is 1. The third kappa shape index (κ3) is 5.14. The number of imidazole rings is 1. The molecule has 0 saturated carbocycles. The summed E-state index contributed by atoms with van der Waals surface area (Å²) in [5, 5.41) is 12.3. The van der Waals surface area contributed by atoms with Crippen molar-refractivity contribution in [2.24, 2.45) is 5.92 Å².